The van der Waals surface area contributed by atoms with Crippen LogP contribution in [0.3, 0.4) is 0 Å². The van der Waals surface area contributed by atoms with E-state index in [2.05, 4.69) is 43.5 Å². The fourth-order valence-electron chi connectivity index (χ4n) is 1.73. The fraction of sp³-hybridized carbons (Fsp3) is 0.167. The lowest BCUT2D eigenvalue weighted by molar-refractivity contribution is 0.839. The summed E-state index contributed by atoms with van der Waals surface area (Å²) in [6.07, 6.45) is 0.455. The van der Waals surface area contributed by atoms with E-state index in [0.29, 0.717) is 22.1 Å². The standard InChI is InChI=1S/C12H9BrClIN2O2/c1-2-7-10(14)16-12(19)17(11(7)18)9-4-3-6(15)5-8(9)13/h3-5H,2H2,1H3,(H,16,19). The second-order valence-electron chi connectivity index (χ2n) is 3.81. The number of H-pyrrole nitrogens is 1. The van der Waals surface area contributed by atoms with E-state index < -0.39 is 11.2 Å². The summed E-state index contributed by atoms with van der Waals surface area (Å²) in [5.74, 6) is 0. The first-order valence-corrected chi connectivity index (χ1v) is 7.69. The van der Waals surface area contributed by atoms with Crippen molar-refractivity contribution in [2.24, 2.45) is 0 Å². The van der Waals surface area contributed by atoms with Gasteiger partial charge in [0.2, 0.25) is 0 Å². The average molecular weight is 455 g/mol. The summed E-state index contributed by atoms with van der Waals surface area (Å²) in [6.45, 7) is 1.81. The van der Waals surface area contributed by atoms with Gasteiger partial charge in [0.25, 0.3) is 5.56 Å². The van der Waals surface area contributed by atoms with Crippen LogP contribution < -0.4 is 11.2 Å². The minimum Gasteiger partial charge on any atom is -0.297 e. The number of aromatic amines is 1. The van der Waals surface area contributed by atoms with Gasteiger partial charge in [-0.25, -0.2) is 9.36 Å². The third-order valence-electron chi connectivity index (χ3n) is 2.65. The lowest BCUT2D eigenvalue weighted by Crippen LogP contribution is -2.36. The highest BCUT2D eigenvalue weighted by Crippen LogP contribution is 2.21. The average Bonchev–Trinajstić information content (AvgIpc) is 2.31. The Morgan fingerprint density at radius 2 is 2.11 bits per heavy atom. The molecule has 1 aromatic heterocycles. The van der Waals surface area contributed by atoms with Crippen LogP contribution in [-0.2, 0) is 6.42 Å². The van der Waals surface area contributed by atoms with Gasteiger partial charge in [0.1, 0.15) is 5.15 Å². The summed E-state index contributed by atoms with van der Waals surface area (Å²) in [7, 11) is 0. The first-order valence-electron chi connectivity index (χ1n) is 5.44. The summed E-state index contributed by atoms with van der Waals surface area (Å²) in [5, 5.41) is 0.107. The molecule has 0 bridgehead atoms. The zero-order valence-corrected chi connectivity index (χ0v) is 14.3. The molecule has 0 unspecified atom stereocenters. The van der Waals surface area contributed by atoms with Crippen LogP contribution in [0.5, 0.6) is 0 Å². The quantitative estimate of drug-likeness (QED) is 0.559. The van der Waals surface area contributed by atoms with Gasteiger partial charge in [0.05, 0.1) is 11.3 Å². The van der Waals surface area contributed by atoms with Crippen LogP contribution in [0.2, 0.25) is 5.15 Å². The van der Waals surface area contributed by atoms with E-state index >= 15 is 0 Å². The van der Waals surface area contributed by atoms with Crippen molar-refractivity contribution in [3.05, 3.63) is 57.8 Å². The van der Waals surface area contributed by atoms with Crippen molar-refractivity contribution in [3.63, 3.8) is 0 Å². The second-order valence-corrected chi connectivity index (χ2v) is 6.29. The van der Waals surface area contributed by atoms with Gasteiger partial charge >= 0.3 is 5.69 Å². The molecule has 0 saturated heterocycles. The maximum absolute atomic E-state index is 12.3. The van der Waals surface area contributed by atoms with E-state index in [1.54, 1.807) is 6.07 Å². The van der Waals surface area contributed by atoms with E-state index in [1.807, 2.05) is 19.1 Å². The van der Waals surface area contributed by atoms with Crippen molar-refractivity contribution in [2.45, 2.75) is 13.3 Å². The topological polar surface area (TPSA) is 54.9 Å². The number of halogens is 3. The smallest absolute Gasteiger partial charge is 0.297 e. The zero-order chi connectivity index (χ0) is 14.2. The molecule has 2 rings (SSSR count). The molecule has 0 aliphatic rings. The van der Waals surface area contributed by atoms with Crippen LogP contribution in [0, 0.1) is 3.57 Å². The van der Waals surface area contributed by atoms with Gasteiger partial charge in [-0.1, -0.05) is 18.5 Å². The molecule has 0 spiro atoms. The molecule has 0 fully saturated rings. The summed E-state index contributed by atoms with van der Waals surface area (Å²) in [6, 6.07) is 5.38. The summed E-state index contributed by atoms with van der Waals surface area (Å²) in [4.78, 5) is 26.8. The number of hydrogen-bond donors (Lipinski definition) is 1. The second kappa shape index (κ2) is 5.80. The molecular formula is C12H9BrClIN2O2. The minimum absolute atomic E-state index is 0.107. The van der Waals surface area contributed by atoms with E-state index in [9.17, 15) is 9.59 Å². The highest BCUT2D eigenvalue weighted by Gasteiger charge is 2.14. The number of hydrogen-bond acceptors (Lipinski definition) is 2. The van der Waals surface area contributed by atoms with Crippen LogP contribution in [0.4, 0.5) is 0 Å². The minimum atomic E-state index is -0.547. The molecule has 1 N–H and O–H groups in total. The summed E-state index contributed by atoms with van der Waals surface area (Å²) < 4.78 is 2.77. The van der Waals surface area contributed by atoms with E-state index in [1.165, 1.54) is 0 Å². The molecule has 1 heterocycles. The van der Waals surface area contributed by atoms with Crippen molar-refractivity contribution in [2.75, 3.05) is 0 Å². The molecule has 0 atom stereocenters. The molecule has 7 heteroatoms. The third-order valence-corrected chi connectivity index (χ3v) is 4.28. The van der Waals surface area contributed by atoms with Gasteiger partial charge in [-0.3, -0.25) is 9.78 Å². The lowest BCUT2D eigenvalue weighted by atomic mass is 10.2. The van der Waals surface area contributed by atoms with Crippen LogP contribution in [0.1, 0.15) is 12.5 Å². The summed E-state index contributed by atoms with van der Waals surface area (Å²) >= 11 is 11.4. The number of benzene rings is 1. The zero-order valence-electron chi connectivity index (χ0n) is 9.84. The molecule has 1 aromatic carbocycles. The highest BCUT2D eigenvalue weighted by atomic mass is 127. The predicted octanol–water partition coefficient (Wildman–Crippen LogP) is 3.11. The van der Waals surface area contributed by atoms with Crippen LogP contribution in [0.15, 0.2) is 32.3 Å². The Balaban J connectivity index is 2.83. The number of nitrogens with zero attached hydrogens (tertiary/aromatic N) is 1. The van der Waals surface area contributed by atoms with Gasteiger partial charge in [0, 0.05) is 8.04 Å². The van der Waals surface area contributed by atoms with Gasteiger partial charge in [-0.2, -0.15) is 0 Å². The van der Waals surface area contributed by atoms with E-state index in [-0.39, 0.29) is 5.15 Å². The third kappa shape index (κ3) is 2.80. The Hall–Kier alpha value is -0.600. The molecule has 0 radical (unpaired) electrons. The highest BCUT2D eigenvalue weighted by molar-refractivity contribution is 14.1. The van der Waals surface area contributed by atoms with Crippen molar-refractivity contribution in [1.29, 1.82) is 0 Å². The SMILES string of the molecule is CCc1c(Cl)[nH]c(=O)n(-c2ccc(I)cc2Br)c1=O. The number of rotatable bonds is 2. The monoisotopic (exact) mass is 454 g/mol. The van der Waals surface area contributed by atoms with E-state index in [4.69, 9.17) is 11.6 Å². The molecule has 0 aliphatic carbocycles. The Morgan fingerprint density at radius 1 is 1.42 bits per heavy atom. The van der Waals surface area contributed by atoms with Gasteiger partial charge < -0.3 is 0 Å². The van der Waals surface area contributed by atoms with Crippen molar-refractivity contribution >= 4 is 50.1 Å². The normalized spacial score (nSPS) is 10.7. The Kier molecular flexibility index (Phi) is 4.52. The Bertz CT molecular complexity index is 754. The maximum Gasteiger partial charge on any atom is 0.334 e. The Labute approximate surface area is 136 Å². The van der Waals surface area contributed by atoms with Crippen molar-refractivity contribution in [1.82, 2.24) is 9.55 Å². The summed E-state index contributed by atoms with van der Waals surface area (Å²) in [5.41, 5.74) is -0.0444. The molecule has 19 heavy (non-hydrogen) atoms. The van der Waals surface area contributed by atoms with Crippen LogP contribution >= 0.6 is 50.1 Å². The molecule has 0 amide bonds. The van der Waals surface area contributed by atoms with Crippen molar-refractivity contribution in [3.8, 4) is 5.69 Å². The lowest BCUT2D eigenvalue weighted by Gasteiger charge is -2.09. The molecule has 4 nitrogen and oxygen atoms in total. The van der Waals surface area contributed by atoms with Crippen molar-refractivity contribution < 1.29 is 0 Å². The molecule has 100 valence electrons. The van der Waals surface area contributed by atoms with Gasteiger partial charge in [0.15, 0.2) is 0 Å². The fourth-order valence-corrected chi connectivity index (χ4v) is 3.50. The predicted molar refractivity (Wildman–Crippen MR) is 87.5 cm³/mol. The molecule has 0 saturated carbocycles. The maximum atomic E-state index is 12.3. The first kappa shape index (κ1) is 14.8. The van der Waals surface area contributed by atoms with Crippen LogP contribution in [0.25, 0.3) is 5.69 Å². The molecule has 0 aliphatic heterocycles. The largest absolute Gasteiger partial charge is 0.334 e. The molecular weight excluding hydrogens is 446 g/mol. The number of aromatic nitrogens is 2. The number of nitrogens with one attached hydrogen (secondary N) is 1. The van der Waals surface area contributed by atoms with E-state index in [0.717, 1.165) is 8.14 Å². The first-order chi connectivity index (χ1) is 8.95. The molecule has 2 aromatic rings. The van der Waals surface area contributed by atoms with Gasteiger partial charge in [-0.15, -0.1) is 0 Å². The van der Waals surface area contributed by atoms with Gasteiger partial charge in [-0.05, 0) is 63.1 Å². The van der Waals surface area contributed by atoms with Crippen LogP contribution in [-0.4, -0.2) is 9.55 Å². The Morgan fingerprint density at radius 3 is 2.68 bits per heavy atom.